The van der Waals surface area contributed by atoms with Crippen LogP contribution in [0, 0.1) is 11.3 Å². The molecule has 0 fully saturated rings. The first-order valence-corrected chi connectivity index (χ1v) is 4.09. The van der Waals surface area contributed by atoms with Gasteiger partial charge in [-0.2, -0.15) is 18.4 Å². The Morgan fingerprint density at radius 2 is 1.62 bits per heavy atom. The Kier molecular flexibility index (Phi) is 2.99. The number of nitriles is 1. The number of Topliss-reactive ketones (excluding diaryl/α,β-unsaturated/α-hetero) is 1. The third kappa shape index (κ3) is 2.03. The minimum atomic E-state index is -5.39. The van der Waals surface area contributed by atoms with E-state index in [-0.39, 0.29) is 0 Å². The van der Waals surface area contributed by atoms with Crippen molar-refractivity contribution in [2.75, 3.05) is 0 Å². The van der Waals surface area contributed by atoms with Crippen LogP contribution in [0.3, 0.4) is 0 Å². The zero-order valence-electron chi connectivity index (χ0n) is 7.75. The summed E-state index contributed by atoms with van der Waals surface area (Å²) in [6, 6.07) is 6.58. The lowest BCUT2D eigenvalue weighted by molar-refractivity contribution is -0.180. The molecule has 16 heavy (non-hydrogen) atoms. The molecule has 1 aromatic rings. The molecule has 1 rings (SSSR count). The number of carbonyl (C=O) groups is 1. The van der Waals surface area contributed by atoms with Gasteiger partial charge in [-0.25, -0.2) is 4.39 Å². The first-order valence-electron chi connectivity index (χ1n) is 4.09. The van der Waals surface area contributed by atoms with Crippen molar-refractivity contribution >= 4 is 5.78 Å². The van der Waals surface area contributed by atoms with Crippen LogP contribution in [0.15, 0.2) is 30.3 Å². The molecule has 84 valence electrons. The second-order valence-electron chi connectivity index (χ2n) is 2.96. The van der Waals surface area contributed by atoms with E-state index in [4.69, 9.17) is 5.26 Å². The smallest absolute Gasteiger partial charge is 0.284 e. The van der Waals surface area contributed by atoms with Crippen molar-refractivity contribution in [2.45, 2.75) is 11.8 Å². The van der Waals surface area contributed by atoms with Gasteiger partial charge in [0, 0.05) is 5.56 Å². The predicted octanol–water partition coefficient (Wildman–Crippen LogP) is 2.51. The quantitative estimate of drug-likeness (QED) is 0.733. The van der Waals surface area contributed by atoms with Crippen molar-refractivity contribution in [2.24, 2.45) is 0 Å². The molecule has 0 aromatic heterocycles. The van der Waals surface area contributed by atoms with Gasteiger partial charge in [-0.3, -0.25) is 4.79 Å². The average Bonchev–Trinajstić information content (AvgIpc) is 2.27. The monoisotopic (exact) mass is 231 g/mol. The van der Waals surface area contributed by atoms with E-state index < -0.39 is 23.2 Å². The Hall–Kier alpha value is -1.90. The first-order chi connectivity index (χ1) is 7.32. The van der Waals surface area contributed by atoms with Gasteiger partial charge in [0.1, 0.15) is 6.07 Å². The van der Waals surface area contributed by atoms with E-state index in [0.29, 0.717) is 0 Å². The normalized spacial score (nSPS) is 14.9. The average molecular weight is 231 g/mol. The summed E-state index contributed by atoms with van der Waals surface area (Å²) in [6.07, 6.45) is -5.39. The summed E-state index contributed by atoms with van der Waals surface area (Å²) in [5, 5.41) is 8.43. The minimum absolute atomic E-state index is 0.625. The van der Waals surface area contributed by atoms with E-state index >= 15 is 0 Å². The summed E-state index contributed by atoms with van der Waals surface area (Å²) in [5.41, 5.74) is -4.31. The van der Waals surface area contributed by atoms with Gasteiger partial charge < -0.3 is 0 Å². The molecule has 0 aliphatic carbocycles. The van der Waals surface area contributed by atoms with Crippen LogP contribution in [-0.4, -0.2) is 12.0 Å². The molecule has 0 amide bonds. The molecule has 0 aliphatic rings. The molecule has 0 N–H and O–H groups in total. The van der Waals surface area contributed by atoms with Gasteiger partial charge in [-0.1, -0.05) is 30.3 Å². The van der Waals surface area contributed by atoms with Crippen LogP contribution < -0.4 is 0 Å². The molecule has 2 nitrogen and oxygen atoms in total. The zero-order valence-corrected chi connectivity index (χ0v) is 7.75. The third-order valence-electron chi connectivity index (χ3n) is 1.90. The molecule has 0 saturated carbocycles. The number of nitrogens with zero attached hydrogens (tertiary/aromatic N) is 1. The second kappa shape index (κ2) is 3.93. The molecule has 0 bridgehead atoms. The largest absolute Gasteiger partial charge is 0.455 e. The lowest BCUT2D eigenvalue weighted by Crippen LogP contribution is -2.40. The van der Waals surface area contributed by atoms with Crippen LogP contribution in [0.5, 0.6) is 0 Å². The molecule has 1 aromatic carbocycles. The fourth-order valence-electron chi connectivity index (χ4n) is 1.11. The zero-order chi connectivity index (χ0) is 12.4. The highest BCUT2D eigenvalue weighted by Crippen LogP contribution is 2.33. The van der Waals surface area contributed by atoms with Gasteiger partial charge in [-0.15, -0.1) is 0 Å². The Balaban J connectivity index is 3.26. The van der Waals surface area contributed by atoms with Crippen molar-refractivity contribution in [1.29, 1.82) is 5.26 Å². The number of benzene rings is 1. The highest BCUT2D eigenvalue weighted by atomic mass is 19.4. The van der Waals surface area contributed by atoms with Crippen molar-refractivity contribution in [3.8, 4) is 6.07 Å². The van der Waals surface area contributed by atoms with Crippen LogP contribution in [0.2, 0.25) is 0 Å². The summed E-state index contributed by atoms with van der Waals surface area (Å²) in [5.74, 6) is -2.71. The summed E-state index contributed by atoms with van der Waals surface area (Å²) in [4.78, 5) is 10.8. The lowest BCUT2D eigenvalue weighted by atomic mass is 9.92. The number of hydrogen-bond donors (Lipinski definition) is 0. The number of ketones is 1. The minimum Gasteiger partial charge on any atom is -0.284 e. The van der Waals surface area contributed by atoms with Crippen LogP contribution in [0.1, 0.15) is 5.56 Å². The summed E-state index contributed by atoms with van der Waals surface area (Å²) in [6.45, 7) is 0. The molecular formula is C10H5F4NO. The van der Waals surface area contributed by atoms with Crippen LogP contribution in [0.4, 0.5) is 17.6 Å². The molecule has 0 radical (unpaired) electrons. The number of carbonyl (C=O) groups excluding carboxylic acids is 1. The van der Waals surface area contributed by atoms with Crippen molar-refractivity contribution in [3.05, 3.63) is 35.9 Å². The maximum Gasteiger partial charge on any atom is 0.455 e. The fraction of sp³-hybridized carbons (Fsp3) is 0.200. The fourth-order valence-corrected chi connectivity index (χ4v) is 1.11. The number of alkyl halides is 4. The molecule has 6 heteroatoms. The van der Waals surface area contributed by atoms with Crippen LogP contribution in [-0.2, 0) is 10.5 Å². The Labute approximate surface area is 88.1 Å². The number of rotatable bonds is 2. The van der Waals surface area contributed by atoms with Gasteiger partial charge in [0.05, 0.1) is 0 Å². The lowest BCUT2D eigenvalue weighted by Gasteiger charge is -2.17. The van der Waals surface area contributed by atoms with Gasteiger partial charge in [0.15, 0.2) is 0 Å². The van der Waals surface area contributed by atoms with Crippen molar-refractivity contribution < 1.29 is 22.4 Å². The molecule has 0 spiro atoms. The van der Waals surface area contributed by atoms with Crippen LogP contribution in [0.25, 0.3) is 0 Å². The standard InChI is InChI=1S/C10H5F4NO/c11-9(6-15,8(16)10(12,13)14)7-4-2-1-3-5-7/h1-5H. The molecule has 1 atom stereocenters. The SMILES string of the molecule is N#CC(F)(C(=O)C(F)(F)F)c1ccccc1. The maximum atomic E-state index is 13.7. The van der Waals surface area contributed by atoms with E-state index in [9.17, 15) is 22.4 Å². The number of halogens is 4. The predicted molar refractivity (Wildman–Crippen MR) is 45.9 cm³/mol. The van der Waals surface area contributed by atoms with Crippen molar-refractivity contribution in [3.63, 3.8) is 0 Å². The van der Waals surface area contributed by atoms with Crippen molar-refractivity contribution in [1.82, 2.24) is 0 Å². The van der Waals surface area contributed by atoms with Gasteiger partial charge in [-0.05, 0) is 0 Å². The topological polar surface area (TPSA) is 40.9 Å². The third-order valence-corrected chi connectivity index (χ3v) is 1.90. The van der Waals surface area contributed by atoms with Gasteiger partial charge in [0.25, 0.3) is 11.5 Å². The Bertz CT molecular complexity index is 434. The molecule has 0 heterocycles. The summed E-state index contributed by atoms with van der Waals surface area (Å²) >= 11 is 0. The van der Waals surface area contributed by atoms with E-state index in [1.807, 2.05) is 0 Å². The van der Waals surface area contributed by atoms with E-state index in [1.54, 1.807) is 0 Å². The molecule has 1 unspecified atom stereocenters. The Morgan fingerprint density at radius 3 is 2.00 bits per heavy atom. The highest BCUT2D eigenvalue weighted by Gasteiger charge is 2.55. The van der Waals surface area contributed by atoms with E-state index in [1.165, 1.54) is 18.2 Å². The highest BCUT2D eigenvalue weighted by molar-refractivity contribution is 5.95. The first kappa shape index (κ1) is 12.2. The number of hydrogen-bond acceptors (Lipinski definition) is 2. The molecule has 0 aliphatic heterocycles. The summed E-state index contributed by atoms with van der Waals surface area (Å²) in [7, 11) is 0. The van der Waals surface area contributed by atoms with E-state index in [0.717, 1.165) is 18.2 Å². The summed E-state index contributed by atoms with van der Waals surface area (Å²) < 4.78 is 49.9. The maximum absolute atomic E-state index is 13.7. The second-order valence-corrected chi connectivity index (χ2v) is 2.96. The van der Waals surface area contributed by atoms with Crippen LogP contribution >= 0.6 is 0 Å². The molecule has 0 saturated heterocycles. The van der Waals surface area contributed by atoms with E-state index in [2.05, 4.69) is 0 Å². The molecular weight excluding hydrogens is 226 g/mol. The Morgan fingerprint density at radius 1 is 1.12 bits per heavy atom. The van der Waals surface area contributed by atoms with Gasteiger partial charge >= 0.3 is 6.18 Å². The van der Waals surface area contributed by atoms with Gasteiger partial charge in [0.2, 0.25) is 0 Å².